The molecule has 0 heterocycles. The van der Waals surface area contributed by atoms with Crippen molar-refractivity contribution in [3.05, 3.63) is 70.7 Å². The minimum Gasteiger partial charge on any atom is -0.392 e. The predicted molar refractivity (Wildman–Crippen MR) is 97.4 cm³/mol. The Bertz CT molecular complexity index is 720. The molecule has 0 saturated carbocycles. The zero-order valence-electron chi connectivity index (χ0n) is 13.9. The number of rotatable bonds is 7. The van der Waals surface area contributed by atoms with Crippen LogP contribution in [0.2, 0.25) is 5.02 Å². The van der Waals surface area contributed by atoms with Crippen LogP contribution in [-0.4, -0.2) is 29.6 Å². The molecule has 5 nitrogen and oxygen atoms in total. The zero-order chi connectivity index (χ0) is 18.2. The van der Waals surface area contributed by atoms with Gasteiger partial charge in [0, 0.05) is 6.54 Å². The third-order valence-corrected chi connectivity index (χ3v) is 3.94. The lowest BCUT2D eigenvalue weighted by Gasteiger charge is -2.20. The minimum absolute atomic E-state index is 0.0624. The van der Waals surface area contributed by atoms with Crippen LogP contribution in [0.1, 0.15) is 35.3 Å². The summed E-state index contributed by atoms with van der Waals surface area (Å²) in [5.74, 6) is -0.600. The van der Waals surface area contributed by atoms with Crippen molar-refractivity contribution in [1.29, 1.82) is 0 Å². The summed E-state index contributed by atoms with van der Waals surface area (Å²) in [7, 11) is 0. The number of benzene rings is 2. The number of aliphatic hydroxyl groups is 1. The molecule has 2 unspecified atom stereocenters. The largest absolute Gasteiger partial charge is 0.392 e. The van der Waals surface area contributed by atoms with Gasteiger partial charge < -0.3 is 15.7 Å². The Labute approximate surface area is 152 Å². The Kier molecular flexibility index (Phi) is 6.98. The summed E-state index contributed by atoms with van der Waals surface area (Å²) >= 11 is 6.07. The number of nitrogens with one attached hydrogen (secondary N) is 2. The smallest absolute Gasteiger partial charge is 0.253 e. The molecule has 2 aromatic carbocycles. The van der Waals surface area contributed by atoms with Crippen LogP contribution < -0.4 is 10.6 Å². The van der Waals surface area contributed by atoms with E-state index in [-0.39, 0.29) is 24.8 Å². The predicted octanol–water partition coefficient (Wildman–Crippen LogP) is 2.70. The Morgan fingerprint density at radius 1 is 1.08 bits per heavy atom. The van der Waals surface area contributed by atoms with Gasteiger partial charge in [0.25, 0.3) is 5.91 Å². The van der Waals surface area contributed by atoms with Gasteiger partial charge in [-0.15, -0.1) is 0 Å². The van der Waals surface area contributed by atoms with Crippen LogP contribution in [0.3, 0.4) is 0 Å². The van der Waals surface area contributed by atoms with Crippen LogP contribution in [0.25, 0.3) is 0 Å². The molecule has 2 amide bonds. The van der Waals surface area contributed by atoms with Crippen LogP contribution in [0, 0.1) is 0 Å². The van der Waals surface area contributed by atoms with Gasteiger partial charge in [0.1, 0.15) is 0 Å². The highest BCUT2D eigenvalue weighted by molar-refractivity contribution is 6.33. The molecule has 0 spiro atoms. The fourth-order valence-electron chi connectivity index (χ4n) is 2.34. The average Bonchev–Trinajstić information content (AvgIpc) is 2.60. The van der Waals surface area contributed by atoms with E-state index in [0.29, 0.717) is 10.6 Å². The lowest BCUT2D eigenvalue weighted by atomic mass is 10.0. The van der Waals surface area contributed by atoms with Crippen molar-refractivity contribution in [3.8, 4) is 0 Å². The van der Waals surface area contributed by atoms with Gasteiger partial charge in [0.15, 0.2) is 0 Å². The van der Waals surface area contributed by atoms with Crippen molar-refractivity contribution in [3.63, 3.8) is 0 Å². The number of halogens is 1. The van der Waals surface area contributed by atoms with Crippen molar-refractivity contribution < 1.29 is 14.7 Å². The summed E-state index contributed by atoms with van der Waals surface area (Å²) in [6.45, 7) is 1.76. The van der Waals surface area contributed by atoms with Crippen LogP contribution in [-0.2, 0) is 4.79 Å². The van der Waals surface area contributed by atoms with Gasteiger partial charge in [0.2, 0.25) is 5.91 Å². The molecule has 25 heavy (non-hydrogen) atoms. The van der Waals surface area contributed by atoms with E-state index in [1.165, 1.54) is 0 Å². The normalized spacial score (nSPS) is 12.9. The molecule has 0 bridgehead atoms. The van der Waals surface area contributed by atoms with Gasteiger partial charge in [-0.05, 0) is 24.6 Å². The standard InChI is InChI=1S/C19H21ClN2O3/c1-13(23)12-21-18(24)11-17(14-7-3-2-4-8-14)22-19(25)15-9-5-6-10-16(15)20/h2-10,13,17,23H,11-12H2,1H3,(H,21,24)(H,22,25). The minimum atomic E-state index is -0.628. The molecule has 0 fully saturated rings. The number of amides is 2. The quantitative estimate of drug-likeness (QED) is 0.710. The number of carbonyl (C=O) groups excluding carboxylic acids is 2. The van der Waals surface area contributed by atoms with Crippen molar-refractivity contribution >= 4 is 23.4 Å². The van der Waals surface area contributed by atoms with Gasteiger partial charge in [-0.1, -0.05) is 54.1 Å². The molecule has 3 N–H and O–H groups in total. The average molecular weight is 361 g/mol. The second kappa shape index (κ2) is 9.20. The lowest BCUT2D eigenvalue weighted by Crippen LogP contribution is -2.36. The summed E-state index contributed by atoms with van der Waals surface area (Å²) in [6.07, 6.45) is -0.565. The van der Waals surface area contributed by atoms with E-state index in [1.54, 1.807) is 31.2 Å². The zero-order valence-corrected chi connectivity index (χ0v) is 14.7. The Balaban J connectivity index is 2.13. The fourth-order valence-corrected chi connectivity index (χ4v) is 2.56. The topological polar surface area (TPSA) is 78.4 Å². The Hall–Kier alpha value is -2.37. The van der Waals surface area contributed by atoms with Crippen LogP contribution in [0.15, 0.2) is 54.6 Å². The summed E-state index contributed by atoms with van der Waals surface area (Å²) in [4.78, 5) is 24.6. The van der Waals surface area contributed by atoms with Crippen LogP contribution in [0.4, 0.5) is 0 Å². The van der Waals surface area contributed by atoms with E-state index < -0.39 is 12.1 Å². The van der Waals surface area contributed by atoms with Crippen molar-refractivity contribution in [1.82, 2.24) is 10.6 Å². The Morgan fingerprint density at radius 2 is 1.72 bits per heavy atom. The molecular weight excluding hydrogens is 340 g/mol. The summed E-state index contributed by atoms with van der Waals surface area (Å²) in [5, 5.41) is 15.1. The first-order valence-electron chi connectivity index (χ1n) is 8.02. The second-order valence-electron chi connectivity index (χ2n) is 5.77. The maximum Gasteiger partial charge on any atom is 0.253 e. The number of hydrogen-bond acceptors (Lipinski definition) is 3. The number of aliphatic hydroxyl groups excluding tert-OH is 1. The number of carbonyl (C=O) groups is 2. The van der Waals surface area contributed by atoms with E-state index >= 15 is 0 Å². The lowest BCUT2D eigenvalue weighted by molar-refractivity contribution is -0.122. The van der Waals surface area contributed by atoms with Crippen LogP contribution in [0.5, 0.6) is 0 Å². The highest BCUT2D eigenvalue weighted by Gasteiger charge is 2.20. The van der Waals surface area contributed by atoms with E-state index in [1.807, 2.05) is 30.3 Å². The first-order valence-corrected chi connectivity index (χ1v) is 8.40. The monoisotopic (exact) mass is 360 g/mol. The molecular formula is C19H21ClN2O3. The van der Waals surface area contributed by atoms with Crippen molar-refractivity contribution in [2.45, 2.75) is 25.5 Å². The third kappa shape index (κ3) is 5.89. The number of hydrogen-bond donors (Lipinski definition) is 3. The molecule has 2 rings (SSSR count). The van der Waals surface area contributed by atoms with E-state index in [4.69, 9.17) is 11.6 Å². The summed E-state index contributed by atoms with van der Waals surface area (Å²) in [5.41, 5.74) is 1.17. The fraction of sp³-hybridized carbons (Fsp3) is 0.263. The van der Waals surface area contributed by atoms with E-state index in [9.17, 15) is 14.7 Å². The van der Waals surface area contributed by atoms with Crippen LogP contribution >= 0.6 is 11.6 Å². The molecule has 0 aliphatic carbocycles. The molecule has 0 aliphatic rings. The molecule has 0 aliphatic heterocycles. The summed E-state index contributed by atoms with van der Waals surface area (Å²) in [6, 6.07) is 15.5. The first kappa shape index (κ1) is 19.0. The summed E-state index contributed by atoms with van der Waals surface area (Å²) < 4.78 is 0. The SMILES string of the molecule is CC(O)CNC(=O)CC(NC(=O)c1ccccc1Cl)c1ccccc1. The van der Waals surface area contributed by atoms with E-state index in [2.05, 4.69) is 10.6 Å². The van der Waals surface area contributed by atoms with Gasteiger partial charge in [-0.3, -0.25) is 9.59 Å². The van der Waals surface area contributed by atoms with E-state index in [0.717, 1.165) is 5.56 Å². The van der Waals surface area contributed by atoms with Gasteiger partial charge >= 0.3 is 0 Å². The van der Waals surface area contributed by atoms with Gasteiger partial charge in [-0.2, -0.15) is 0 Å². The van der Waals surface area contributed by atoms with Gasteiger partial charge in [0.05, 0.1) is 29.2 Å². The molecule has 0 saturated heterocycles. The first-order chi connectivity index (χ1) is 12.0. The Morgan fingerprint density at radius 3 is 2.36 bits per heavy atom. The second-order valence-corrected chi connectivity index (χ2v) is 6.18. The molecule has 132 valence electrons. The van der Waals surface area contributed by atoms with Crippen molar-refractivity contribution in [2.75, 3.05) is 6.54 Å². The third-order valence-electron chi connectivity index (χ3n) is 3.61. The molecule has 0 aromatic heterocycles. The highest BCUT2D eigenvalue weighted by atomic mass is 35.5. The van der Waals surface area contributed by atoms with Gasteiger partial charge in [-0.25, -0.2) is 0 Å². The van der Waals surface area contributed by atoms with Crippen molar-refractivity contribution in [2.24, 2.45) is 0 Å². The molecule has 2 atom stereocenters. The maximum atomic E-state index is 12.5. The molecule has 0 radical (unpaired) electrons. The molecule has 6 heteroatoms. The maximum absolute atomic E-state index is 12.5. The molecule has 2 aromatic rings. The highest BCUT2D eigenvalue weighted by Crippen LogP contribution is 2.20.